The van der Waals surface area contributed by atoms with E-state index in [4.69, 9.17) is 0 Å². The predicted molar refractivity (Wildman–Crippen MR) is 90.0 cm³/mol. The second kappa shape index (κ2) is 4.84. The predicted octanol–water partition coefficient (Wildman–Crippen LogP) is 5.58. The van der Waals surface area contributed by atoms with E-state index < -0.39 is 0 Å². The molecule has 0 spiro atoms. The summed E-state index contributed by atoms with van der Waals surface area (Å²) in [5, 5.41) is 2.36. The highest BCUT2D eigenvalue weighted by molar-refractivity contribution is 9.11. The highest BCUT2D eigenvalue weighted by Crippen LogP contribution is 2.37. The van der Waals surface area contributed by atoms with Crippen LogP contribution in [-0.2, 0) is 0 Å². The van der Waals surface area contributed by atoms with E-state index in [-0.39, 0.29) is 0 Å². The number of nitrogens with zero attached hydrogens (tertiary/aromatic N) is 2. The first-order valence-electron chi connectivity index (χ1n) is 6.09. The Morgan fingerprint density at radius 3 is 2.65 bits per heavy atom. The van der Waals surface area contributed by atoms with Crippen LogP contribution in [0.5, 0.6) is 0 Å². The van der Waals surface area contributed by atoms with Crippen molar-refractivity contribution >= 4 is 49.6 Å². The number of aromatic nitrogens is 2. The number of rotatable bonds is 2. The largest absolute Gasteiger partial charge is 0.292 e. The number of hydrogen-bond acceptors (Lipinski definition) is 3. The molecule has 4 aromatic rings. The summed E-state index contributed by atoms with van der Waals surface area (Å²) >= 11 is 7.06. The molecule has 0 saturated carbocycles. The van der Waals surface area contributed by atoms with Crippen molar-refractivity contribution in [2.75, 3.05) is 0 Å². The molecule has 0 bridgehead atoms. The molecule has 0 radical (unpaired) electrons. The van der Waals surface area contributed by atoms with Crippen molar-refractivity contribution in [1.29, 1.82) is 0 Å². The lowest BCUT2D eigenvalue weighted by Crippen LogP contribution is -1.89. The minimum absolute atomic E-state index is 1.01. The van der Waals surface area contributed by atoms with Crippen molar-refractivity contribution in [2.24, 2.45) is 0 Å². The third-order valence-electron chi connectivity index (χ3n) is 3.09. The maximum absolute atomic E-state index is 4.47. The van der Waals surface area contributed by atoms with Crippen LogP contribution in [0.2, 0.25) is 0 Å². The fraction of sp³-hybridized carbons (Fsp3) is 0. The molecule has 20 heavy (non-hydrogen) atoms. The van der Waals surface area contributed by atoms with Gasteiger partial charge in [-0.25, -0.2) is 4.98 Å². The van der Waals surface area contributed by atoms with Crippen LogP contribution in [0.15, 0.2) is 58.6 Å². The monoisotopic (exact) mass is 360 g/mol. The first kappa shape index (κ1) is 12.3. The molecule has 0 aliphatic heterocycles. The van der Waals surface area contributed by atoms with Gasteiger partial charge in [-0.15, -0.1) is 22.7 Å². The van der Waals surface area contributed by atoms with E-state index in [0.717, 1.165) is 9.43 Å². The van der Waals surface area contributed by atoms with Crippen molar-refractivity contribution < 1.29 is 0 Å². The molecule has 0 aromatic carbocycles. The zero-order valence-corrected chi connectivity index (χ0v) is 13.5. The Kier molecular flexibility index (Phi) is 2.98. The average Bonchev–Trinajstić information content (AvgIpc) is 3.15. The SMILES string of the molecule is Brc1ccc(-c2ccc(-n3ccc4cccnc43)s2)s1. The van der Waals surface area contributed by atoms with Crippen molar-refractivity contribution in [3.8, 4) is 14.8 Å². The third-order valence-corrected chi connectivity index (χ3v) is 6.00. The van der Waals surface area contributed by atoms with E-state index in [0.29, 0.717) is 0 Å². The van der Waals surface area contributed by atoms with Gasteiger partial charge in [-0.3, -0.25) is 4.57 Å². The first-order chi connectivity index (χ1) is 9.81. The average molecular weight is 361 g/mol. The summed E-state index contributed by atoms with van der Waals surface area (Å²) in [6, 6.07) is 14.7. The van der Waals surface area contributed by atoms with Gasteiger partial charge in [0.2, 0.25) is 0 Å². The summed E-state index contributed by atoms with van der Waals surface area (Å²) < 4.78 is 3.31. The van der Waals surface area contributed by atoms with Crippen molar-refractivity contribution in [3.63, 3.8) is 0 Å². The Morgan fingerprint density at radius 1 is 0.950 bits per heavy atom. The van der Waals surface area contributed by atoms with E-state index in [2.05, 4.69) is 68.1 Å². The molecule has 0 fully saturated rings. The quantitative estimate of drug-likeness (QED) is 0.456. The second-order valence-electron chi connectivity index (χ2n) is 4.34. The van der Waals surface area contributed by atoms with Crippen molar-refractivity contribution in [2.45, 2.75) is 0 Å². The van der Waals surface area contributed by atoms with Gasteiger partial charge in [-0.2, -0.15) is 0 Å². The Bertz CT molecular complexity index is 888. The van der Waals surface area contributed by atoms with E-state index in [9.17, 15) is 0 Å². The van der Waals surface area contributed by atoms with Crippen LogP contribution >= 0.6 is 38.6 Å². The van der Waals surface area contributed by atoms with E-state index in [1.165, 1.54) is 20.1 Å². The summed E-state index contributed by atoms with van der Waals surface area (Å²) in [7, 11) is 0. The van der Waals surface area contributed by atoms with Crippen LogP contribution in [-0.4, -0.2) is 9.55 Å². The molecular weight excluding hydrogens is 352 g/mol. The van der Waals surface area contributed by atoms with Crippen LogP contribution in [0.3, 0.4) is 0 Å². The Balaban J connectivity index is 1.82. The Morgan fingerprint density at radius 2 is 1.80 bits per heavy atom. The molecule has 0 atom stereocenters. The van der Waals surface area contributed by atoms with Gasteiger partial charge in [0.05, 0.1) is 3.79 Å². The van der Waals surface area contributed by atoms with Crippen LogP contribution in [0.4, 0.5) is 0 Å². The van der Waals surface area contributed by atoms with E-state index in [1.807, 2.05) is 12.3 Å². The highest BCUT2D eigenvalue weighted by Gasteiger charge is 2.09. The molecule has 0 aliphatic rings. The lowest BCUT2D eigenvalue weighted by atomic mass is 10.3. The summed E-state index contributed by atoms with van der Waals surface area (Å²) in [5.74, 6) is 0. The fourth-order valence-corrected chi connectivity index (χ4v) is 4.65. The summed E-state index contributed by atoms with van der Waals surface area (Å²) in [6.45, 7) is 0. The summed E-state index contributed by atoms with van der Waals surface area (Å²) in [4.78, 5) is 7.04. The minimum atomic E-state index is 1.01. The normalized spacial score (nSPS) is 11.2. The van der Waals surface area contributed by atoms with Crippen LogP contribution in [0.25, 0.3) is 25.8 Å². The van der Waals surface area contributed by atoms with Gasteiger partial charge in [0.25, 0.3) is 0 Å². The Labute approximate surface area is 132 Å². The van der Waals surface area contributed by atoms with Crippen molar-refractivity contribution in [1.82, 2.24) is 9.55 Å². The number of hydrogen-bond donors (Lipinski definition) is 0. The molecule has 0 unspecified atom stereocenters. The molecule has 0 saturated heterocycles. The van der Waals surface area contributed by atoms with Gasteiger partial charge >= 0.3 is 0 Å². The molecule has 0 aliphatic carbocycles. The molecule has 4 aromatic heterocycles. The van der Waals surface area contributed by atoms with Gasteiger partial charge in [0.1, 0.15) is 10.6 Å². The number of thiophene rings is 2. The fourth-order valence-electron chi connectivity index (χ4n) is 2.18. The van der Waals surface area contributed by atoms with Gasteiger partial charge in [0, 0.05) is 27.5 Å². The Hall–Kier alpha value is -1.43. The lowest BCUT2D eigenvalue weighted by molar-refractivity contribution is 1.12. The second-order valence-corrected chi connectivity index (χ2v) is 7.87. The van der Waals surface area contributed by atoms with Gasteiger partial charge in [0.15, 0.2) is 0 Å². The van der Waals surface area contributed by atoms with Gasteiger partial charge in [-0.1, -0.05) is 0 Å². The van der Waals surface area contributed by atoms with Crippen LogP contribution in [0.1, 0.15) is 0 Å². The zero-order valence-electron chi connectivity index (χ0n) is 10.3. The molecule has 5 heteroatoms. The zero-order chi connectivity index (χ0) is 13.5. The van der Waals surface area contributed by atoms with Gasteiger partial charge < -0.3 is 0 Å². The molecule has 2 nitrogen and oxygen atoms in total. The summed E-state index contributed by atoms with van der Waals surface area (Å²) in [6.07, 6.45) is 3.92. The van der Waals surface area contributed by atoms with E-state index >= 15 is 0 Å². The maximum atomic E-state index is 4.47. The number of halogens is 1. The number of pyridine rings is 1. The third kappa shape index (κ3) is 2.02. The first-order valence-corrected chi connectivity index (χ1v) is 8.52. The molecular formula is C15H9BrN2S2. The molecule has 4 heterocycles. The summed E-state index contributed by atoms with van der Waals surface area (Å²) in [5.41, 5.74) is 1.01. The van der Waals surface area contributed by atoms with E-state index in [1.54, 1.807) is 22.7 Å². The topological polar surface area (TPSA) is 17.8 Å². The van der Waals surface area contributed by atoms with Crippen LogP contribution < -0.4 is 0 Å². The molecule has 0 amide bonds. The highest BCUT2D eigenvalue weighted by atomic mass is 79.9. The van der Waals surface area contributed by atoms with Crippen molar-refractivity contribution in [3.05, 3.63) is 58.6 Å². The maximum Gasteiger partial charge on any atom is 0.145 e. The minimum Gasteiger partial charge on any atom is -0.292 e. The molecule has 0 N–H and O–H groups in total. The van der Waals surface area contributed by atoms with Crippen LogP contribution in [0, 0.1) is 0 Å². The molecule has 4 rings (SSSR count). The number of fused-ring (bicyclic) bond motifs is 1. The lowest BCUT2D eigenvalue weighted by Gasteiger charge is -1.99. The molecule has 98 valence electrons. The standard InChI is InChI=1S/C15H9BrN2S2/c16-13-5-3-11(19-13)12-4-6-14(20-12)18-9-7-10-2-1-8-17-15(10)18/h1-9H. The smallest absolute Gasteiger partial charge is 0.145 e. The van der Waals surface area contributed by atoms with Gasteiger partial charge in [-0.05, 0) is 58.4 Å².